The summed E-state index contributed by atoms with van der Waals surface area (Å²) in [5.74, 6) is 0. The van der Waals surface area contributed by atoms with Crippen molar-refractivity contribution in [1.29, 1.82) is 0 Å². The number of nitrogens with two attached hydrogens (primary N) is 1. The van der Waals surface area contributed by atoms with Crippen molar-refractivity contribution in [2.24, 2.45) is 5.73 Å². The van der Waals surface area contributed by atoms with Gasteiger partial charge in [0.25, 0.3) is 0 Å². The van der Waals surface area contributed by atoms with E-state index in [9.17, 15) is 31.4 Å². The summed E-state index contributed by atoms with van der Waals surface area (Å²) >= 11 is 0. The lowest BCUT2D eigenvalue weighted by Gasteiger charge is -2.50. The third-order valence-electron chi connectivity index (χ3n) is 6.94. The number of benzene rings is 2. The van der Waals surface area contributed by atoms with Crippen molar-refractivity contribution in [2.45, 2.75) is 68.7 Å². The van der Waals surface area contributed by atoms with Crippen LogP contribution >= 0.6 is 0 Å². The predicted octanol–water partition coefficient (Wildman–Crippen LogP) is 5.55. The number of piperidine rings is 1. The fourth-order valence-corrected chi connectivity index (χ4v) is 4.25. The summed E-state index contributed by atoms with van der Waals surface area (Å²) < 4.78 is 85.6. The van der Waals surface area contributed by atoms with Gasteiger partial charge in [-0.15, -0.1) is 0 Å². The van der Waals surface area contributed by atoms with Gasteiger partial charge in [0.05, 0.1) is 40.5 Å². The molecule has 2 unspecified atom stereocenters. The molecule has 1 saturated heterocycles. The van der Waals surface area contributed by atoms with Crippen LogP contribution in [0, 0.1) is 0 Å². The zero-order chi connectivity index (χ0) is 26.3. The number of rotatable bonds is 6. The van der Waals surface area contributed by atoms with Crippen molar-refractivity contribution >= 4 is 0 Å². The quantitative estimate of drug-likeness (QED) is 0.452. The average Bonchev–Trinajstić information content (AvgIpc) is 2.77. The molecule has 194 valence electrons. The fourth-order valence-electron chi connectivity index (χ4n) is 4.25. The molecule has 0 spiro atoms. The normalized spacial score (nSPS) is 24.9. The van der Waals surface area contributed by atoms with Crippen molar-refractivity contribution in [2.75, 3.05) is 13.2 Å². The Morgan fingerprint density at radius 1 is 0.971 bits per heavy atom. The van der Waals surface area contributed by atoms with E-state index in [0.29, 0.717) is 25.0 Å². The summed E-state index contributed by atoms with van der Waals surface area (Å²) in [7, 11) is 0. The van der Waals surface area contributed by atoms with Gasteiger partial charge in [-0.1, -0.05) is 30.3 Å². The van der Waals surface area contributed by atoms with Crippen LogP contribution in [0.3, 0.4) is 0 Å². The first-order chi connectivity index (χ1) is 16.0. The van der Waals surface area contributed by atoms with Gasteiger partial charge < -0.3 is 20.9 Å². The molecule has 1 aliphatic rings. The molecular weight excluding hydrogens is 474 g/mol. The summed E-state index contributed by atoms with van der Waals surface area (Å²) in [5, 5.41) is 13.9. The zero-order valence-electron chi connectivity index (χ0n) is 19.7. The minimum Gasteiger partial charge on any atom is -0.389 e. The standard InChI is InChI=1S/C25H30F6N2O2/c1-16(17-11-19(24(26,27)28)13-20(12-17)25(29,30)31)35-15-22(18-7-5-4-6-8-18)9-10-23(32,14-33-22)21(2,3)34/h4-8,11-13,16,33-34H,9-10,14-15,32H2,1-3H3/t16?,22?,23-/m1/s1. The van der Waals surface area contributed by atoms with Crippen LogP contribution in [0.25, 0.3) is 0 Å². The maximum atomic E-state index is 13.3. The molecule has 3 atom stereocenters. The highest BCUT2D eigenvalue weighted by Crippen LogP contribution is 2.40. The van der Waals surface area contributed by atoms with E-state index in [-0.39, 0.29) is 24.8 Å². The first-order valence-electron chi connectivity index (χ1n) is 11.2. The van der Waals surface area contributed by atoms with Gasteiger partial charge in [-0.2, -0.15) is 26.3 Å². The molecule has 4 nitrogen and oxygen atoms in total. The van der Waals surface area contributed by atoms with Gasteiger partial charge in [0.1, 0.15) is 0 Å². The lowest BCUT2D eigenvalue weighted by Crippen LogP contribution is -2.69. The molecular formula is C25H30F6N2O2. The topological polar surface area (TPSA) is 67.5 Å². The summed E-state index contributed by atoms with van der Waals surface area (Å²) in [6.07, 6.45) is -10.1. The molecule has 0 saturated carbocycles. The van der Waals surface area contributed by atoms with Gasteiger partial charge in [-0.05, 0) is 62.9 Å². The first-order valence-corrected chi connectivity index (χ1v) is 11.2. The molecule has 35 heavy (non-hydrogen) atoms. The zero-order valence-corrected chi connectivity index (χ0v) is 19.7. The van der Waals surface area contributed by atoms with Crippen LogP contribution < -0.4 is 11.1 Å². The third-order valence-corrected chi connectivity index (χ3v) is 6.94. The van der Waals surface area contributed by atoms with E-state index in [0.717, 1.165) is 5.56 Å². The van der Waals surface area contributed by atoms with E-state index in [1.807, 2.05) is 30.3 Å². The van der Waals surface area contributed by atoms with E-state index in [1.165, 1.54) is 6.92 Å². The molecule has 0 aliphatic carbocycles. The van der Waals surface area contributed by atoms with Gasteiger partial charge in [-0.25, -0.2) is 0 Å². The van der Waals surface area contributed by atoms with Crippen molar-refractivity contribution in [3.63, 3.8) is 0 Å². The van der Waals surface area contributed by atoms with Crippen LogP contribution in [0.15, 0.2) is 48.5 Å². The third kappa shape index (κ3) is 5.99. The van der Waals surface area contributed by atoms with Gasteiger partial charge in [0.2, 0.25) is 0 Å². The van der Waals surface area contributed by atoms with Crippen LogP contribution in [0.5, 0.6) is 0 Å². The van der Waals surface area contributed by atoms with Crippen molar-refractivity contribution < 1.29 is 36.2 Å². The van der Waals surface area contributed by atoms with E-state index in [4.69, 9.17) is 10.5 Å². The minimum atomic E-state index is -4.94. The number of halogens is 6. The Bertz CT molecular complexity index is 975. The summed E-state index contributed by atoms with van der Waals surface area (Å²) in [4.78, 5) is 0. The summed E-state index contributed by atoms with van der Waals surface area (Å²) in [5.41, 5.74) is 1.37. The Morgan fingerprint density at radius 2 is 1.51 bits per heavy atom. The molecule has 0 bridgehead atoms. The number of nitrogens with one attached hydrogen (secondary N) is 1. The number of ether oxygens (including phenoxy) is 1. The first kappa shape index (κ1) is 27.4. The highest BCUT2D eigenvalue weighted by atomic mass is 19.4. The number of alkyl halides is 6. The molecule has 0 amide bonds. The van der Waals surface area contributed by atoms with E-state index in [2.05, 4.69) is 5.32 Å². The Balaban J connectivity index is 1.89. The second kappa shape index (κ2) is 9.38. The Labute approximate surface area is 200 Å². The average molecular weight is 505 g/mol. The SMILES string of the molecule is CC(OCC1(c2ccccc2)CC[C@](N)(C(C)(C)O)CN1)c1cc(C(F)(F)F)cc(C(F)(F)F)c1. The second-order valence-corrected chi connectivity index (χ2v) is 9.81. The van der Waals surface area contributed by atoms with Crippen molar-refractivity contribution in [1.82, 2.24) is 5.32 Å². The van der Waals surface area contributed by atoms with E-state index in [1.54, 1.807) is 13.8 Å². The molecule has 2 aromatic rings. The van der Waals surface area contributed by atoms with Crippen LogP contribution in [-0.2, 0) is 22.6 Å². The maximum absolute atomic E-state index is 13.3. The number of hydrogen-bond acceptors (Lipinski definition) is 4. The highest BCUT2D eigenvalue weighted by Gasteiger charge is 2.48. The van der Waals surface area contributed by atoms with Crippen molar-refractivity contribution in [3.05, 3.63) is 70.8 Å². The number of hydrogen-bond donors (Lipinski definition) is 3. The molecule has 0 aromatic heterocycles. The molecule has 3 rings (SSSR count). The van der Waals surface area contributed by atoms with E-state index < -0.39 is 46.3 Å². The Kier molecular flexibility index (Phi) is 7.36. The monoisotopic (exact) mass is 504 g/mol. The molecule has 1 fully saturated rings. The summed E-state index contributed by atoms with van der Waals surface area (Å²) in [6, 6.07) is 10.7. The van der Waals surface area contributed by atoms with Crippen LogP contribution in [0.2, 0.25) is 0 Å². The minimum absolute atomic E-state index is 0.0300. The molecule has 2 aromatic carbocycles. The van der Waals surface area contributed by atoms with Crippen molar-refractivity contribution in [3.8, 4) is 0 Å². The Morgan fingerprint density at radius 3 is 1.94 bits per heavy atom. The van der Waals surface area contributed by atoms with Gasteiger partial charge in [0, 0.05) is 6.54 Å². The molecule has 10 heteroatoms. The lowest BCUT2D eigenvalue weighted by molar-refractivity contribution is -0.143. The van der Waals surface area contributed by atoms with Gasteiger partial charge in [0.15, 0.2) is 0 Å². The maximum Gasteiger partial charge on any atom is 0.416 e. The van der Waals surface area contributed by atoms with Crippen LogP contribution in [-0.4, -0.2) is 29.4 Å². The highest BCUT2D eigenvalue weighted by molar-refractivity contribution is 5.35. The van der Waals surface area contributed by atoms with Crippen LogP contribution in [0.1, 0.15) is 62.0 Å². The predicted molar refractivity (Wildman–Crippen MR) is 119 cm³/mol. The van der Waals surface area contributed by atoms with E-state index >= 15 is 0 Å². The molecule has 1 aliphatic heterocycles. The Hall–Kier alpha value is -2.14. The number of aliphatic hydroxyl groups is 1. The molecule has 4 N–H and O–H groups in total. The largest absolute Gasteiger partial charge is 0.416 e. The molecule has 1 heterocycles. The molecule has 0 radical (unpaired) electrons. The lowest BCUT2D eigenvalue weighted by atomic mass is 9.71. The van der Waals surface area contributed by atoms with Gasteiger partial charge >= 0.3 is 12.4 Å². The van der Waals surface area contributed by atoms with Gasteiger partial charge in [-0.3, -0.25) is 0 Å². The second-order valence-electron chi connectivity index (χ2n) is 9.81. The smallest absolute Gasteiger partial charge is 0.389 e. The fraction of sp³-hybridized carbons (Fsp3) is 0.520. The van der Waals surface area contributed by atoms with Crippen LogP contribution in [0.4, 0.5) is 26.3 Å². The summed E-state index contributed by atoms with van der Waals surface area (Å²) in [6.45, 7) is 4.85.